The average molecular weight is 563 g/mol. The van der Waals surface area contributed by atoms with Crippen LogP contribution in [0.3, 0.4) is 0 Å². The van der Waals surface area contributed by atoms with Gasteiger partial charge in [-0.1, -0.05) is 60.7 Å². The van der Waals surface area contributed by atoms with Crippen molar-refractivity contribution in [2.24, 2.45) is 0 Å². The van der Waals surface area contributed by atoms with Gasteiger partial charge < -0.3 is 24.7 Å². The first-order chi connectivity index (χ1) is 20.5. The van der Waals surface area contributed by atoms with Gasteiger partial charge in [0.05, 0.1) is 36.7 Å². The minimum atomic E-state index is -0.915. The van der Waals surface area contributed by atoms with Crippen LogP contribution >= 0.6 is 0 Å². The van der Waals surface area contributed by atoms with Gasteiger partial charge in [0.15, 0.2) is 0 Å². The highest BCUT2D eigenvalue weighted by atomic mass is 16.5. The maximum Gasteiger partial charge on any atom is 0.322 e. The molecule has 3 aromatic carbocycles. The Balaban J connectivity index is 1.33. The number of carbonyl (C=O) groups is 3. The standard InChI is InChI=1S/C33H30N4O5/c1-2-36-27-21-37(30(22-11-5-3-6-12-22)31(38)34-20-26-17-10-18-41-26)32(39)28(27)29(35-33(36)40)23-13-9-16-25(19-23)42-24-14-7-4-8-15-24/h3-19,29-30H,2,20-21H2,1H3,(H,34,38)(H,35,40)/t29-,30-/m1/s1. The monoisotopic (exact) mass is 562 g/mol. The van der Waals surface area contributed by atoms with Crippen LogP contribution < -0.4 is 15.4 Å². The Labute approximate surface area is 243 Å². The normalized spacial score (nSPS) is 17.1. The van der Waals surface area contributed by atoms with Gasteiger partial charge in [-0.25, -0.2) is 4.79 Å². The highest BCUT2D eigenvalue weighted by Gasteiger charge is 2.47. The van der Waals surface area contributed by atoms with Gasteiger partial charge in [-0.3, -0.25) is 14.5 Å². The van der Waals surface area contributed by atoms with E-state index in [0.717, 1.165) is 0 Å². The second-order valence-electron chi connectivity index (χ2n) is 10.0. The third kappa shape index (κ3) is 5.24. The number of hydrogen-bond donors (Lipinski definition) is 2. The summed E-state index contributed by atoms with van der Waals surface area (Å²) in [5.74, 6) is 1.20. The van der Waals surface area contributed by atoms with Crippen LogP contribution in [0.15, 0.2) is 119 Å². The van der Waals surface area contributed by atoms with Gasteiger partial charge in [0.25, 0.3) is 5.91 Å². The van der Waals surface area contributed by atoms with E-state index in [1.807, 2.05) is 91.9 Å². The first-order valence-electron chi connectivity index (χ1n) is 13.8. The largest absolute Gasteiger partial charge is 0.467 e. The Hall–Kier alpha value is -5.31. The number of nitrogens with one attached hydrogen (secondary N) is 2. The number of hydrogen-bond acceptors (Lipinski definition) is 5. The van der Waals surface area contributed by atoms with Crippen molar-refractivity contribution in [3.05, 3.63) is 131 Å². The maximum atomic E-state index is 14.3. The zero-order chi connectivity index (χ0) is 29.1. The number of furan rings is 1. The van der Waals surface area contributed by atoms with Crippen LogP contribution in [0.4, 0.5) is 4.79 Å². The zero-order valence-corrected chi connectivity index (χ0v) is 23.0. The molecule has 2 N–H and O–H groups in total. The molecule has 0 saturated carbocycles. The lowest BCUT2D eigenvalue weighted by Gasteiger charge is -2.33. The van der Waals surface area contributed by atoms with Crippen LogP contribution in [-0.4, -0.2) is 40.7 Å². The maximum absolute atomic E-state index is 14.3. The van der Waals surface area contributed by atoms with E-state index < -0.39 is 12.1 Å². The molecule has 212 valence electrons. The van der Waals surface area contributed by atoms with E-state index in [0.29, 0.717) is 46.2 Å². The number of rotatable bonds is 9. The predicted molar refractivity (Wildman–Crippen MR) is 155 cm³/mol. The van der Waals surface area contributed by atoms with Gasteiger partial charge in [0.1, 0.15) is 23.3 Å². The first kappa shape index (κ1) is 26.9. The molecule has 4 aromatic rings. The summed E-state index contributed by atoms with van der Waals surface area (Å²) < 4.78 is 11.4. The Morgan fingerprint density at radius 1 is 0.976 bits per heavy atom. The van der Waals surface area contributed by atoms with E-state index in [1.165, 1.54) is 4.90 Å². The Kier molecular flexibility index (Phi) is 7.47. The molecule has 42 heavy (non-hydrogen) atoms. The number of nitrogens with zero attached hydrogens (tertiary/aromatic N) is 2. The molecule has 3 heterocycles. The lowest BCUT2D eigenvalue weighted by molar-refractivity contribution is -0.136. The highest BCUT2D eigenvalue weighted by molar-refractivity contribution is 6.03. The van der Waals surface area contributed by atoms with Crippen LogP contribution in [0.1, 0.15) is 35.9 Å². The highest BCUT2D eigenvalue weighted by Crippen LogP contribution is 2.40. The number of para-hydroxylation sites is 1. The number of ether oxygens (including phenoxy) is 1. The van der Waals surface area contributed by atoms with Crippen molar-refractivity contribution in [2.75, 3.05) is 13.1 Å². The number of likely N-dealkylation sites (N-methyl/N-ethyl adjacent to an activating group) is 1. The summed E-state index contributed by atoms with van der Waals surface area (Å²) in [5, 5.41) is 5.92. The summed E-state index contributed by atoms with van der Waals surface area (Å²) in [4.78, 5) is 44.3. The molecule has 0 spiro atoms. The second kappa shape index (κ2) is 11.7. The first-order valence-corrected chi connectivity index (χ1v) is 13.8. The molecule has 2 aliphatic rings. The molecule has 6 rings (SSSR count). The number of carbonyl (C=O) groups excluding carboxylic acids is 3. The lowest BCUT2D eigenvalue weighted by Crippen LogP contribution is -2.47. The summed E-state index contributed by atoms with van der Waals surface area (Å²) in [6.07, 6.45) is 1.54. The Bertz CT molecular complexity index is 1620. The van der Waals surface area contributed by atoms with Gasteiger partial charge in [0, 0.05) is 6.54 Å². The minimum Gasteiger partial charge on any atom is -0.467 e. The smallest absolute Gasteiger partial charge is 0.322 e. The Morgan fingerprint density at radius 3 is 2.43 bits per heavy atom. The predicted octanol–water partition coefficient (Wildman–Crippen LogP) is 5.31. The fourth-order valence-corrected chi connectivity index (χ4v) is 5.48. The molecule has 9 nitrogen and oxygen atoms in total. The number of urea groups is 1. The van der Waals surface area contributed by atoms with Crippen molar-refractivity contribution in [3.63, 3.8) is 0 Å². The molecule has 0 fully saturated rings. The topological polar surface area (TPSA) is 104 Å². The molecule has 0 bridgehead atoms. The van der Waals surface area contributed by atoms with Crippen LogP contribution in [0, 0.1) is 0 Å². The van der Waals surface area contributed by atoms with E-state index in [-0.39, 0.29) is 30.9 Å². The van der Waals surface area contributed by atoms with Crippen molar-refractivity contribution in [3.8, 4) is 11.5 Å². The van der Waals surface area contributed by atoms with Gasteiger partial charge in [0.2, 0.25) is 5.91 Å². The quantitative estimate of drug-likeness (QED) is 0.288. The minimum absolute atomic E-state index is 0.111. The van der Waals surface area contributed by atoms with Crippen LogP contribution in [-0.2, 0) is 16.1 Å². The molecule has 0 saturated heterocycles. The fourth-order valence-electron chi connectivity index (χ4n) is 5.48. The van der Waals surface area contributed by atoms with Crippen molar-refractivity contribution in [1.82, 2.24) is 20.4 Å². The number of benzene rings is 3. The van der Waals surface area contributed by atoms with Gasteiger partial charge in [-0.2, -0.15) is 0 Å². The van der Waals surface area contributed by atoms with Gasteiger partial charge in [-0.05, 0) is 54.4 Å². The van der Waals surface area contributed by atoms with Crippen molar-refractivity contribution < 1.29 is 23.5 Å². The molecule has 0 radical (unpaired) electrons. The third-order valence-electron chi connectivity index (χ3n) is 7.43. The summed E-state index contributed by atoms with van der Waals surface area (Å²) in [6, 6.07) is 27.5. The molecular formula is C33H30N4O5. The summed E-state index contributed by atoms with van der Waals surface area (Å²) >= 11 is 0. The van der Waals surface area contributed by atoms with E-state index in [2.05, 4.69) is 10.6 Å². The summed E-state index contributed by atoms with van der Waals surface area (Å²) in [6.45, 7) is 2.52. The van der Waals surface area contributed by atoms with Gasteiger partial charge >= 0.3 is 6.03 Å². The lowest BCUT2D eigenvalue weighted by atomic mass is 9.95. The average Bonchev–Trinajstić information content (AvgIpc) is 3.65. The molecule has 1 aromatic heterocycles. The number of amides is 4. The van der Waals surface area contributed by atoms with E-state index in [9.17, 15) is 14.4 Å². The van der Waals surface area contributed by atoms with Gasteiger partial charge in [-0.15, -0.1) is 0 Å². The molecule has 4 amide bonds. The molecular weight excluding hydrogens is 532 g/mol. The van der Waals surface area contributed by atoms with Crippen LogP contribution in [0.25, 0.3) is 0 Å². The van der Waals surface area contributed by atoms with Crippen molar-refractivity contribution in [2.45, 2.75) is 25.6 Å². The van der Waals surface area contributed by atoms with Crippen molar-refractivity contribution >= 4 is 17.8 Å². The molecule has 0 aliphatic carbocycles. The second-order valence-corrected chi connectivity index (χ2v) is 10.0. The van der Waals surface area contributed by atoms with E-state index in [1.54, 1.807) is 23.3 Å². The SMILES string of the molecule is CCN1C(=O)N[C@H](c2cccc(Oc3ccccc3)c2)C2=C1CN([C@@H](C(=O)NCc1ccco1)c1ccccc1)C2=O. The Morgan fingerprint density at radius 2 is 1.71 bits per heavy atom. The summed E-state index contributed by atoms with van der Waals surface area (Å²) in [5.41, 5.74) is 2.40. The zero-order valence-electron chi connectivity index (χ0n) is 23.0. The fraction of sp³-hybridized carbons (Fsp3) is 0.182. The molecule has 2 atom stereocenters. The van der Waals surface area contributed by atoms with Crippen LogP contribution in [0.5, 0.6) is 11.5 Å². The summed E-state index contributed by atoms with van der Waals surface area (Å²) in [7, 11) is 0. The van der Waals surface area contributed by atoms with E-state index >= 15 is 0 Å². The molecule has 0 unspecified atom stereocenters. The van der Waals surface area contributed by atoms with E-state index in [4.69, 9.17) is 9.15 Å². The van der Waals surface area contributed by atoms with Crippen molar-refractivity contribution in [1.29, 1.82) is 0 Å². The molecule has 2 aliphatic heterocycles. The molecule has 9 heteroatoms. The third-order valence-corrected chi connectivity index (χ3v) is 7.43. The van der Waals surface area contributed by atoms with Crippen LogP contribution in [0.2, 0.25) is 0 Å².